The van der Waals surface area contributed by atoms with Gasteiger partial charge < -0.3 is 16.0 Å². The highest BCUT2D eigenvalue weighted by molar-refractivity contribution is 5.73. The molecule has 0 radical (unpaired) electrons. The fourth-order valence-electron chi connectivity index (χ4n) is 1.24. The molecule has 0 aromatic heterocycles. The fraction of sp³-hybridized carbons (Fsp3) is 0.857. The molecule has 4 heteroatoms. The summed E-state index contributed by atoms with van der Waals surface area (Å²) in [4.78, 5) is 10.9. The lowest BCUT2D eigenvalue weighted by Gasteiger charge is -2.15. The van der Waals surface area contributed by atoms with Crippen molar-refractivity contribution >= 4 is 6.03 Å². The van der Waals surface area contributed by atoms with Gasteiger partial charge in [-0.2, -0.15) is 0 Å². The van der Waals surface area contributed by atoms with Crippen molar-refractivity contribution in [3.8, 4) is 0 Å². The Morgan fingerprint density at radius 3 is 2.73 bits per heavy atom. The van der Waals surface area contributed by atoms with Gasteiger partial charge in [0.25, 0.3) is 0 Å². The first-order valence-corrected chi connectivity index (χ1v) is 3.93. The maximum Gasteiger partial charge on any atom is 0.314 e. The Morgan fingerprint density at radius 2 is 2.27 bits per heavy atom. The topological polar surface area (TPSA) is 53.2 Å². The van der Waals surface area contributed by atoms with Gasteiger partial charge in [0.15, 0.2) is 0 Å². The van der Waals surface area contributed by atoms with E-state index >= 15 is 0 Å². The summed E-state index contributed by atoms with van der Waals surface area (Å²) in [6.07, 6.45) is 0. The van der Waals surface area contributed by atoms with Crippen LogP contribution in [0.25, 0.3) is 0 Å². The average molecular weight is 157 g/mol. The summed E-state index contributed by atoms with van der Waals surface area (Å²) < 4.78 is 0. The van der Waals surface area contributed by atoms with Crippen LogP contribution < -0.4 is 16.0 Å². The van der Waals surface area contributed by atoms with E-state index < -0.39 is 0 Å². The monoisotopic (exact) mass is 157 g/mol. The lowest BCUT2D eigenvalue weighted by molar-refractivity contribution is 0.237. The molecule has 2 amide bonds. The second-order valence-corrected chi connectivity index (χ2v) is 2.97. The van der Waals surface area contributed by atoms with E-state index in [9.17, 15) is 4.79 Å². The molecule has 0 aromatic carbocycles. The van der Waals surface area contributed by atoms with Crippen LogP contribution >= 0.6 is 0 Å². The van der Waals surface area contributed by atoms with Gasteiger partial charge in [-0.05, 0) is 12.5 Å². The summed E-state index contributed by atoms with van der Waals surface area (Å²) in [6, 6.07) is 0.195. The molecule has 3 N–H and O–H groups in total. The molecule has 1 aliphatic heterocycles. The van der Waals surface area contributed by atoms with Crippen LogP contribution in [0.5, 0.6) is 0 Å². The van der Waals surface area contributed by atoms with Gasteiger partial charge in [-0.1, -0.05) is 6.92 Å². The zero-order valence-corrected chi connectivity index (χ0v) is 6.98. The van der Waals surface area contributed by atoms with E-state index in [4.69, 9.17) is 0 Å². The van der Waals surface area contributed by atoms with Crippen LogP contribution in [0.1, 0.15) is 6.92 Å². The largest absolute Gasteiger partial charge is 0.341 e. The summed E-state index contributed by atoms with van der Waals surface area (Å²) in [6.45, 7) is 4.00. The van der Waals surface area contributed by atoms with Crippen LogP contribution in [0, 0.1) is 5.92 Å². The van der Waals surface area contributed by atoms with E-state index in [1.54, 1.807) is 7.05 Å². The Labute approximate surface area is 66.7 Å². The standard InChI is InChI=1S/C7H15N3O/c1-5-3-9-4-6(5)10-7(11)8-2/h5-6,9H,3-4H2,1-2H3,(H2,8,10,11). The summed E-state index contributed by atoms with van der Waals surface area (Å²) in [5, 5.41) is 8.61. The smallest absolute Gasteiger partial charge is 0.314 e. The molecule has 0 aromatic rings. The summed E-state index contributed by atoms with van der Waals surface area (Å²) in [5.74, 6) is 0.535. The number of hydrogen-bond donors (Lipinski definition) is 3. The fourth-order valence-corrected chi connectivity index (χ4v) is 1.24. The third-order valence-corrected chi connectivity index (χ3v) is 2.06. The first-order valence-electron chi connectivity index (χ1n) is 3.93. The average Bonchev–Trinajstić information content (AvgIpc) is 2.37. The Bertz CT molecular complexity index is 149. The molecular formula is C7H15N3O. The van der Waals surface area contributed by atoms with E-state index in [1.807, 2.05) is 0 Å². The lowest BCUT2D eigenvalue weighted by atomic mass is 10.1. The maximum atomic E-state index is 10.9. The highest BCUT2D eigenvalue weighted by Gasteiger charge is 2.23. The molecule has 2 atom stereocenters. The number of hydrogen-bond acceptors (Lipinski definition) is 2. The summed E-state index contributed by atoms with van der Waals surface area (Å²) in [5.41, 5.74) is 0. The molecule has 0 saturated carbocycles. The van der Waals surface area contributed by atoms with Crippen molar-refractivity contribution in [2.24, 2.45) is 5.92 Å². The molecule has 0 aliphatic carbocycles. The van der Waals surface area contributed by atoms with Crippen LogP contribution in [0.3, 0.4) is 0 Å². The second-order valence-electron chi connectivity index (χ2n) is 2.97. The Morgan fingerprint density at radius 1 is 1.55 bits per heavy atom. The van der Waals surface area contributed by atoms with Crippen LogP contribution in [-0.2, 0) is 0 Å². The molecule has 1 aliphatic rings. The zero-order valence-electron chi connectivity index (χ0n) is 6.98. The Hall–Kier alpha value is -0.770. The summed E-state index contributed by atoms with van der Waals surface area (Å²) in [7, 11) is 1.63. The van der Waals surface area contributed by atoms with Gasteiger partial charge in [-0.25, -0.2) is 4.79 Å². The van der Waals surface area contributed by atoms with Crippen LogP contribution in [0.4, 0.5) is 4.79 Å². The van der Waals surface area contributed by atoms with Gasteiger partial charge >= 0.3 is 6.03 Å². The minimum atomic E-state index is -0.0921. The third-order valence-electron chi connectivity index (χ3n) is 2.06. The molecule has 1 rings (SSSR count). The van der Waals surface area contributed by atoms with Crippen molar-refractivity contribution < 1.29 is 4.79 Å². The molecule has 0 spiro atoms. The van der Waals surface area contributed by atoms with Crippen molar-refractivity contribution in [2.75, 3.05) is 20.1 Å². The van der Waals surface area contributed by atoms with Crippen LogP contribution in [0.2, 0.25) is 0 Å². The van der Waals surface area contributed by atoms with Crippen LogP contribution in [-0.4, -0.2) is 32.2 Å². The molecular weight excluding hydrogens is 142 g/mol. The quantitative estimate of drug-likeness (QED) is 0.481. The van der Waals surface area contributed by atoms with Gasteiger partial charge in [0.2, 0.25) is 0 Å². The molecule has 4 nitrogen and oxygen atoms in total. The van der Waals surface area contributed by atoms with Crippen molar-refractivity contribution in [3.63, 3.8) is 0 Å². The minimum absolute atomic E-state index is 0.0921. The number of amides is 2. The Kier molecular flexibility index (Phi) is 2.70. The van der Waals surface area contributed by atoms with E-state index in [2.05, 4.69) is 22.9 Å². The molecule has 11 heavy (non-hydrogen) atoms. The third kappa shape index (κ3) is 2.08. The first kappa shape index (κ1) is 8.33. The van der Waals surface area contributed by atoms with E-state index in [0.29, 0.717) is 5.92 Å². The molecule has 1 saturated heterocycles. The number of carbonyl (C=O) groups excluding carboxylic acids is 1. The highest BCUT2D eigenvalue weighted by Crippen LogP contribution is 2.06. The van der Waals surface area contributed by atoms with Crippen molar-refractivity contribution in [2.45, 2.75) is 13.0 Å². The van der Waals surface area contributed by atoms with Crippen molar-refractivity contribution in [1.29, 1.82) is 0 Å². The molecule has 64 valence electrons. The van der Waals surface area contributed by atoms with Crippen molar-refractivity contribution in [3.05, 3.63) is 0 Å². The molecule has 2 unspecified atom stereocenters. The second kappa shape index (κ2) is 3.57. The van der Waals surface area contributed by atoms with Gasteiger partial charge in [0, 0.05) is 19.6 Å². The summed E-state index contributed by atoms with van der Waals surface area (Å²) >= 11 is 0. The maximum absolute atomic E-state index is 10.9. The van der Waals surface area contributed by atoms with E-state index in [-0.39, 0.29) is 12.1 Å². The van der Waals surface area contributed by atoms with Gasteiger partial charge in [-0.3, -0.25) is 0 Å². The van der Waals surface area contributed by atoms with Crippen molar-refractivity contribution in [1.82, 2.24) is 16.0 Å². The first-order chi connectivity index (χ1) is 5.24. The Balaban J connectivity index is 2.30. The highest BCUT2D eigenvalue weighted by atomic mass is 16.2. The zero-order chi connectivity index (χ0) is 8.27. The van der Waals surface area contributed by atoms with Crippen LogP contribution in [0.15, 0.2) is 0 Å². The van der Waals surface area contributed by atoms with Gasteiger partial charge in [-0.15, -0.1) is 0 Å². The minimum Gasteiger partial charge on any atom is -0.341 e. The van der Waals surface area contributed by atoms with E-state index in [0.717, 1.165) is 13.1 Å². The predicted octanol–water partition coefficient (Wildman–Crippen LogP) is -0.477. The van der Waals surface area contributed by atoms with Gasteiger partial charge in [0.05, 0.1) is 0 Å². The van der Waals surface area contributed by atoms with Gasteiger partial charge in [0.1, 0.15) is 0 Å². The lowest BCUT2D eigenvalue weighted by Crippen LogP contribution is -2.43. The number of rotatable bonds is 1. The normalized spacial score (nSPS) is 30.0. The molecule has 0 bridgehead atoms. The number of carbonyl (C=O) groups is 1. The van der Waals surface area contributed by atoms with E-state index in [1.165, 1.54) is 0 Å². The SMILES string of the molecule is CNC(=O)NC1CNCC1C. The number of nitrogens with one attached hydrogen (secondary N) is 3. The number of urea groups is 1. The molecule has 1 fully saturated rings. The predicted molar refractivity (Wildman–Crippen MR) is 43.4 cm³/mol. The molecule has 1 heterocycles.